The van der Waals surface area contributed by atoms with Crippen LogP contribution in [0, 0.1) is 0 Å². The maximum Gasteiger partial charge on any atom is 0.513 e. The van der Waals surface area contributed by atoms with Crippen LogP contribution >= 0.6 is 12.6 Å². The second-order valence-corrected chi connectivity index (χ2v) is 12.9. The summed E-state index contributed by atoms with van der Waals surface area (Å²) in [4.78, 5) is 0.0579. The van der Waals surface area contributed by atoms with E-state index < -0.39 is 17.6 Å². The van der Waals surface area contributed by atoms with Crippen molar-refractivity contribution in [1.29, 1.82) is 0 Å². The average Bonchev–Trinajstić information content (AvgIpc) is 3.51. The van der Waals surface area contributed by atoms with Gasteiger partial charge in [0.15, 0.2) is 0 Å². The summed E-state index contributed by atoms with van der Waals surface area (Å²) in [6.45, 7) is 4.26. The molecule has 0 N–H and O–H groups in total. The molecule has 8 nitrogen and oxygen atoms in total. The minimum Gasteiger partial charge on any atom is -0.379 e. The molecule has 11 heteroatoms. The van der Waals surface area contributed by atoms with Crippen LogP contribution in [-0.2, 0) is 36.0 Å². The monoisotopic (exact) mass is 432 g/mol. The Labute approximate surface area is 165 Å². The third-order valence-electron chi connectivity index (χ3n) is 4.06. The lowest BCUT2D eigenvalue weighted by atomic mass is 10.5. The Kier molecular flexibility index (Phi) is 14.7. The molecular formula is C15H36O8SSi2. The summed E-state index contributed by atoms with van der Waals surface area (Å²) in [5.74, 6) is 0. The molecule has 0 aromatic rings. The minimum absolute atomic E-state index is 0.0579. The van der Waals surface area contributed by atoms with Gasteiger partial charge in [-0.2, -0.15) is 12.6 Å². The number of rotatable bonds is 14. The van der Waals surface area contributed by atoms with Crippen LogP contribution in [0.3, 0.4) is 0 Å². The Morgan fingerprint density at radius 1 is 0.962 bits per heavy atom. The third kappa shape index (κ3) is 9.10. The van der Waals surface area contributed by atoms with Crippen molar-refractivity contribution in [2.45, 2.75) is 36.8 Å². The Morgan fingerprint density at radius 3 is 1.77 bits per heavy atom. The molecule has 0 aromatic carbocycles. The van der Waals surface area contributed by atoms with Crippen LogP contribution in [0.15, 0.2) is 0 Å². The molecule has 0 aliphatic carbocycles. The highest BCUT2D eigenvalue weighted by molar-refractivity contribution is 7.83. The Bertz CT molecular complexity index is 325. The lowest BCUT2D eigenvalue weighted by Gasteiger charge is -2.28. The van der Waals surface area contributed by atoms with Gasteiger partial charge in [-0.1, -0.05) is 6.92 Å². The molecule has 1 aliphatic heterocycles. The van der Waals surface area contributed by atoms with E-state index in [9.17, 15) is 0 Å². The zero-order valence-electron chi connectivity index (χ0n) is 17.1. The van der Waals surface area contributed by atoms with Gasteiger partial charge in [-0.05, 0) is 12.8 Å². The first-order chi connectivity index (χ1) is 12.4. The van der Waals surface area contributed by atoms with Crippen molar-refractivity contribution >= 4 is 30.2 Å². The molecular weight excluding hydrogens is 396 g/mol. The van der Waals surface area contributed by atoms with E-state index >= 15 is 0 Å². The van der Waals surface area contributed by atoms with E-state index in [1.807, 2.05) is 6.92 Å². The smallest absolute Gasteiger partial charge is 0.379 e. The van der Waals surface area contributed by atoms with Gasteiger partial charge in [0.05, 0.1) is 18.1 Å². The first-order valence-electron chi connectivity index (χ1n) is 8.61. The van der Waals surface area contributed by atoms with Gasteiger partial charge < -0.3 is 36.0 Å². The van der Waals surface area contributed by atoms with Crippen molar-refractivity contribution in [2.75, 3.05) is 62.5 Å². The average molecular weight is 433 g/mol. The standard InChI is InChI=1S/C9H20O5Si.C6H16O3SSi/c1-10-15(11-2,12-3)6-4-5-13-7-9-8-14-9;1-5-6(10)11(7-2,8-3)9-4/h9H,4-8H2,1-3H3;6,10H,5H2,1-4H3. The fraction of sp³-hybridized carbons (Fsp3) is 1.00. The number of hydrogen-bond donors (Lipinski definition) is 1. The number of epoxide rings is 1. The molecule has 1 heterocycles. The Morgan fingerprint density at radius 2 is 1.46 bits per heavy atom. The lowest BCUT2D eigenvalue weighted by molar-refractivity contribution is 0.100. The zero-order chi connectivity index (χ0) is 20.1. The van der Waals surface area contributed by atoms with Crippen LogP contribution in [-0.4, -0.2) is 91.1 Å². The van der Waals surface area contributed by atoms with E-state index in [-0.39, 0.29) is 4.87 Å². The van der Waals surface area contributed by atoms with Gasteiger partial charge in [0.2, 0.25) is 0 Å². The van der Waals surface area contributed by atoms with Crippen molar-refractivity contribution < 1.29 is 36.0 Å². The van der Waals surface area contributed by atoms with E-state index in [0.717, 1.165) is 25.5 Å². The second kappa shape index (κ2) is 14.5. The van der Waals surface area contributed by atoms with Crippen LogP contribution in [0.2, 0.25) is 6.04 Å². The van der Waals surface area contributed by atoms with E-state index in [0.29, 0.717) is 19.3 Å². The molecule has 26 heavy (non-hydrogen) atoms. The van der Waals surface area contributed by atoms with Crippen LogP contribution in [0.25, 0.3) is 0 Å². The maximum absolute atomic E-state index is 5.42. The van der Waals surface area contributed by atoms with Crippen molar-refractivity contribution in [3.8, 4) is 0 Å². The fourth-order valence-corrected chi connectivity index (χ4v) is 6.69. The first kappa shape index (κ1) is 26.5. The summed E-state index contributed by atoms with van der Waals surface area (Å²) in [6.07, 6.45) is 2.10. The Hall–Kier alpha value is 0.464. The molecule has 158 valence electrons. The SMILES string of the molecule is CCC(S)[Si](OC)(OC)OC.CO[Si](CCCOCC1CO1)(OC)OC. The maximum atomic E-state index is 5.42. The van der Waals surface area contributed by atoms with E-state index in [4.69, 9.17) is 36.0 Å². The van der Waals surface area contributed by atoms with E-state index in [2.05, 4.69) is 12.6 Å². The molecule has 2 atom stereocenters. The van der Waals surface area contributed by atoms with Crippen molar-refractivity contribution in [2.24, 2.45) is 0 Å². The van der Waals surface area contributed by atoms with Gasteiger partial charge in [-0.25, -0.2) is 0 Å². The summed E-state index contributed by atoms with van der Waals surface area (Å²) < 4.78 is 41.9. The molecule has 1 saturated heterocycles. The molecule has 2 unspecified atom stereocenters. The summed E-state index contributed by atoms with van der Waals surface area (Å²) in [7, 11) is 4.81. The normalized spacial score (nSPS) is 18.2. The number of thiol groups is 1. The molecule has 0 bridgehead atoms. The highest BCUT2D eigenvalue weighted by Crippen LogP contribution is 2.19. The topological polar surface area (TPSA) is 77.1 Å². The fourth-order valence-electron chi connectivity index (χ4n) is 2.23. The van der Waals surface area contributed by atoms with Gasteiger partial charge in [0.25, 0.3) is 0 Å². The summed E-state index contributed by atoms with van der Waals surface area (Å²) in [6, 6.07) is 0.780. The molecule has 0 aromatic heterocycles. The summed E-state index contributed by atoms with van der Waals surface area (Å²) in [5, 5.41) is 0. The highest BCUT2D eigenvalue weighted by Gasteiger charge is 2.44. The predicted octanol–water partition coefficient (Wildman–Crippen LogP) is 1.78. The largest absolute Gasteiger partial charge is 0.513 e. The van der Waals surface area contributed by atoms with Crippen molar-refractivity contribution in [3.05, 3.63) is 0 Å². The van der Waals surface area contributed by atoms with E-state index in [1.165, 1.54) is 0 Å². The molecule has 1 fully saturated rings. The van der Waals surface area contributed by atoms with E-state index in [1.54, 1.807) is 42.7 Å². The third-order valence-corrected chi connectivity index (χ3v) is 11.1. The van der Waals surface area contributed by atoms with Gasteiger partial charge >= 0.3 is 17.6 Å². The summed E-state index contributed by atoms with van der Waals surface area (Å²) in [5.41, 5.74) is 0. The number of hydrogen-bond acceptors (Lipinski definition) is 9. The van der Waals surface area contributed by atoms with Gasteiger partial charge in [-0.15, -0.1) is 0 Å². The highest BCUT2D eigenvalue weighted by atomic mass is 32.1. The summed E-state index contributed by atoms with van der Waals surface area (Å²) >= 11 is 4.34. The van der Waals surface area contributed by atoms with Crippen LogP contribution in [0.1, 0.15) is 19.8 Å². The van der Waals surface area contributed by atoms with Gasteiger partial charge in [0.1, 0.15) is 6.10 Å². The molecule has 0 spiro atoms. The van der Waals surface area contributed by atoms with Gasteiger partial charge in [0, 0.05) is 55.3 Å². The molecule has 0 amide bonds. The van der Waals surface area contributed by atoms with Crippen LogP contribution in [0.4, 0.5) is 0 Å². The molecule has 0 radical (unpaired) electrons. The van der Waals surface area contributed by atoms with Gasteiger partial charge in [-0.3, -0.25) is 0 Å². The minimum atomic E-state index is -2.46. The lowest BCUT2D eigenvalue weighted by Crippen LogP contribution is -2.51. The van der Waals surface area contributed by atoms with Crippen LogP contribution in [0.5, 0.6) is 0 Å². The quantitative estimate of drug-likeness (QED) is 0.193. The predicted molar refractivity (Wildman–Crippen MR) is 107 cm³/mol. The second-order valence-electron chi connectivity index (χ2n) is 5.57. The molecule has 1 aliphatic rings. The number of ether oxygens (including phenoxy) is 2. The van der Waals surface area contributed by atoms with Crippen molar-refractivity contribution in [3.63, 3.8) is 0 Å². The molecule has 0 saturated carbocycles. The first-order valence-corrected chi connectivity index (χ1v) is 12.9. The van der Waals surface area contributed by atoms with Crippen LogP contribution < -0.4 is 0 Å². The van der Waals surface area contributed by atoms with Crippen molar-refractivity contribution in [1.82, 2.24) is 0 Å². The molecule has 1 rings (SSSR count). The Balaban J connectivity index is 0.000000508. The zero-order valence-corrected chi connectivity index (χ0v) is 20.0.